The number of amides is 1. The Morgan fingerprint density at radius 1 is 1.17 bits per heavy atom. The van der Waals surface area contributed by atoms with Gasteiger partial charge in [-0.15, -0.1) is 0 Å². The summed E-state index contributed by atoms with van der Waals surface area (Å²) in [5, 5.41) is 0. The van der Waals surface area contributed by atoms with Crippen molar-refractivity contribution in [1.29, 1.82) is 0 Å². The first-order valence-corrected chi connectivity index (χ1v) is 8.57. The van der Waals surface area contributed by atoms with Gasteiger partial charge in [-0.05, 0) is 45.1 Å². The first kappa shape index (κ1) is 17.5. The van der Waals surface area contributed by atoms with E-state index in [4.69, 9.17) is 4.74 Å². The molecule has 4 nitrogen and oxygen atoms in total. The van der Waals surface area contributed by atoms with Crippen LogP contribution in [0.3, 0.4) is 0 Å². The lowest BCUT2D eigenvalue weighted by molar-refractivity contribution is -0.156. The molecule has 0 radical (unpaired) electrons. The normalized spacial score (nSPS) is 22.5. The molecule has 1 saturated heterocycles. The van der Waals surface area contributed by atoms with Crippen LogP contribution in [0.25, 0.3) is 0 Å². The molecule has 2 rings (SSSR count). The third-order valence-corrected chi connectivity index (χ3v) is 4.71. The molecule has 0 aromatic heterocycles. The summed E-state index contributed by atoms with van der Waals surface area (Å²) in [5.41, 5.74) is 0.937. The van der Waals surface area contributed by atoms with Crippen LogP contribution >= 0.6 is 0 Å². The van der Waals surface area contributed by atoms with Gasteiger partial charge in [0, 0.05) is 12.1 Å². The predicted octanol–water partition coefficient (Wildman–Crippen LogP) is 3.51. The van der Waals surface area contributed by atoms with Gasteiger partial charge in [0.1, 0.15) is 0 Å². The van der Waals surface area contributed by atoms with Gasteiger partial charge in [0.15, 0.2) is 6.61 Å². The van der Waals surface area contributed by atoms with Crippen LogP contribution in [0.1, 0.15) is 57.9 Å². The van der Waals surface area contributed by atoms with Crippen molar-refractivity contribution in [3.05, 3.63) is 35.9 Å². The number of esters is 1. The van der Waals surface area contributed by atoms with Crippen molar-refractivity contribution in [2.45, 2.75) is 64.5 Å². The molecule has 0 bridgehead atoms. The summed E-state index contributed by atoms with van der Waals surface area (Å²) in [7, 11) is 0. The Morgan fingerprint density at radius 2 is 1.78 bits per heavy atom. The van der Waals surface area contributed by atoms with E-state index >= 15 is 0 Å². The van der Waals surface area contributed by atoms with Crippen LogP contribution in [0, 0.1) is 0 Å². The summed E-state index contributed by atoms with van der Waals surface area (Å²) in [6, 6.07) is 10.0. The van der Waals surface area contributed by atoms with E-state index in [0.29, 0.717) is 6.42 Å². The molecule has 0 saturated carbocycles. The molecule has 1 aromatic carbocycles. The van der Waals surface area contributed by atoms with Gasteiger partial charge in [-0.3, -0.25) is 9.59 Å². The van der Waals surface area contributed by atoms with E-state index in [0.717, 1.165) is 24.8 Å². The molecule has 1 aromatic rings. The van der Waals surface area contributed by atoms with Crippen LogP contribution in [0.15, 0.2) is 30.3 Å². The Balaban J connectivity index is 1.93. The molecule has 0 aliphatic carbocycles. The zero-order valence-electron chi connectivity index (χ0n) is 14.3. The van der Waals surface area contributed by atoms with E-state index in [1.165, 1.54) is 0 Å². The maximum absolute atomic E-state index is 12.4. The van der Waals surface area contributed by atoms with Crippen molar-refractivity contribution < 1.29 is 14.3 Å². The Bertz CT molecular complexity index is 519. The summed E-state index contributed by atoms with van der Waals surface area (Å²) < 4.78 is 5.33. The molecule has 23 heavy (non-hydrogen) atoms. The quantitative estimate of drug-likeness (QED) is 0.781. The molecule has 1 heterocycles. The lowest BCUT2D eigenvalue weighted by Crippen LogP contribution is -2.49. The minimum Gasteiger partial charge on any atom is -0.455 e. The summed E-state index contributed by atoms with van der Waals surface area (Å²) in [4.78, 5) is 26.6. The van der Waals surface area contributed by atoms with E-state index < -0.39 is 0 Å². The number of carbonyl (C=O) groups excluding carboxylic acids is 2. The highest BCUT2D eigenvalue weighted by Gasteiger charge is 2.30. The molecule has 1 aliphatic heterocycles. The van der Waals surface area contributed by atoms with Crippen LogP contribution in [0.2, 0.25) is 0 Å². The SMILES string of the molecule is CC[C@H](C(=O)OCC(=O)N1[C@H](C)CCC[C@H]1C)c1ccccc1. The van der Waals surface area contributed by atoms with Crippen molar-refractivity contribution >= 4 is 11.9 Å². The number of benzene rings is 1. The molecule has 0 spiro atoms. The van der Waals surface area contributed by atoms with Gasteiger partial charge in [-0.2, -0.15) is 0 Å². The number of piperidine rings is 1. The molecule has 1 fully saturated rings. The van der Waals surface area contributed by atoms with E-state index in [1.807, 2.05) is 42.2 Å². The van der Waals surface area contributed by atoms with Crippen LogP contribution in [-0.2, 0) is 14.3 Å². The summed E-state index contributed by atoms with van der Waals surface area (Å²) >= 11 is 0. The number of nitrogens with zero attached hydrogens (tertiary/aromatic N) is 1. The fourth-order valence-electron chi connectivity index (χ4n) is 3.44. The molecule has 126 valence electrons. The van der Waals surface area contributed by atoms with Crippen LogP contribution in [-0.4, -0.2) is 35.5 Å². The molecular formula is C19H27NO3. The van der Waals surface area contributed by atoms with Crippen molar-refractivity contribution in [2.24, 2.45) is 0 Å². The lowest BCUT2D eigenvalue weighted by atomic mass is 9.97. The van der Waals surface area contributed by atoms with Gasteiger partial charge in [-0.1, -0.05) is 37.3 Å². The number of hydrogen-bond acceptors (Lipinski definition) is 3. The van der Waals surface area contributed by atoms with Gasteiger partial charge in [0.25, 0.3) is 5.91 Å². The smallest absolute Gasteiger partial charge is 0.313 e. The maximum Gasteiger partial charge on any atom is 0.313 e. The van der Waals surface area contributed by atoms with Crippen LogP contribution in [0.5, 0.6) is 0 Å². The van der Waals surface area contributed by atoms with Gasteiger partial charge < -0.3 is 9.64 Å². The van der Waals surface area contributed by atoms with Gasteiger partial charge in [-0.25, -0.2) is 0 Å². The van der Waals surface area contributed by atoms with Crippen molar-refractivity contribution in [1.82, 2.24) is 4.90 Å². The average molecular weight is 317 g/mol. The second kappa shape index (κ2) is 8.14. The zero-order chi connectivity index (χ0) is 16.8. The summed E-state index contributed by atoms with van der Waals surface area (Å²) in [5.74, 6) is -0.703. The standard InChI is InChI=1S/C19H27NO3/c1-4-17(16-11-6-5-7-12-16)19(22)23-13-18(21)20-14(2)9-8-10-15(20)3/h5-7,11-12,14-15,17H,4,8-10,13H2,1-3H3/t14-,15-,17+/m1/s1. The monoisotopic (exact) mass is 317 g/mol. The molecule has 3 atom stereocenters. The lowest BCUT2D eigenvalue weighted by Gasteiger charge is -2.38. The Morgan fingerprint density at radius 3 is 2.35 bits per heavy atom. The van der Waals surface area contributed by atoms with E-state index in [2.05, 4.69) is 13.8 Å². The highest BCUT2D eigenvalue weighted by Crippen LogP contribution is 2.24. The predicted molar refractivity (Wildman–Crippen MR) is 90.1 cm³/mol. The first-order valence-electron chi connectivity index (χ1n) is 8.57. The molecule has 1 aliphatic rings. The second-order valence-electron chi connectivity index (χ2n) is 6.41. The minimum absolute atomic E-state index is 0.0824. The fraction of sp³-hybridized carbons (Fsp3) is 0.579. The number of ether oxygens (including phenoxy) is 1. The minimum atomic E-state index is -0.315. The Labute approximate surface area is 138 Å². The molecule has 0 N–H and O–H groups in total. The maximum atomic E-state index is 12.4. The molecule has 0 unspecified atom stereocenters. The Kier molecular flexibility index (Phi) is 6.20. The van der Waals surface area contributed by atoms with Crippen molar-refractivity contribution in [3.63, 3.8) is 0 Å². The van der Waals surface area contributed by atoms with Crippen molar-refractivity contribution in [3.8, 4) is 0 Å². The van der Waals surface area contributed by atoms with E-state index in [1.54, 1.807) is 0 Å². The third-order valence-electron chi connectivity index (χ3n) is 4.71. The van der Waals surface area contributed by atoms with Gasteiger partial charge in [0.2, 0.25) is 0 Å². The number of rotatable bonds is 5. The number of likely N-dealkylation sites (tertiary alicyclic amines) is 1. The zero-order valence-corrected chi connectivity index (χ0v) is 14.3. The van der Waals surface area contributed by atoms with Crippen LogP contribution in [0.4, 0.5) is 0 Å². The highest BCUT2D eigenvalue weighted by atomic mass is 16.5. The summed E-state index contributed by atoms with van der Waals surface area (Å²) in [6.45, 7) is 5.93. The molecular weight excluding hydrogens is 290 g/mol. The average Bonchev–Trinajstić information content (AvgIpc) is 2.54. The Hall–Kier alpha value is -1.84. The highest BCUT2D eigenvalue weighted by molar-refractivity contribution is 5.83. The second-order valence-corrected chi connectivity index (χ2v) is 6.41. The van der Waals surface area contributed by atoms with Crippen LogP contribution < -0.4 is 0 Å². The molecule has 1 amide bonds. The van der Waals surface area contributed by atoms with Gasteiger partial charge in [0.05, 0.1) is 5.92 Å². The van der Waals surface area contributed by atoms with E-state index in [9.17, 15) is 9.59 Å². The number of carbonyl (C=O) groups is 2. The number of hydrogen-bond donors (Lipinski definition) is 0. The third kappa shape index (κ3) is 4.34. The molecule has 4 heteroatoms. The first-order chi connectivity index (χ1) is 11.0. The van der Waals surface area contributed by atoms with Gasteiger partial charge >= 0.3 is 5.97 Å². The largest absolute Gasteiger partial charge is 0.455 e. The topological polar surface area (TPSA) is 46.6 Å². The summed E-state index contributed by atoms with van der Waals surface area (Å²) in [6.07, 6.45) is 3.85. The van der Waals surface area contributed by atoms with E-state index in [-0.39, 0.29) is 36.5 Å². The fourth-order valence-corrected chi connectivity index (χ4v) is 3.44. The van der Waals surface area contributed by atoms with Crippen molar-refractivity contribution in [2.75, 3.05) is 6.61 Å².